The van der Waals surface area contributed by atoms with Gasteiger partial charge in [0.05, 0.1) is 25.2 Å². The number of aromatic hydroxyl groups is 1. The molecule has 0 radical (unpaired) electrons. The number of nitriles is 1. The number of hydrogen-bond acceptors (Lipinski definition) is 4. The highest BCUT2D eigenvalue weighted by Gasteiger charge is 2.10. The molecule has 1 amide bonds. The molecule has 0 aromatic heterocycles. The summed E-state index contributed by atoms with van der Waals surface area (Å²) >= 11 is 0. The van der Waals surface area contributed by atoms with E-state index in [1.807, 2.05) is 6.07 Å². The average molecular weight is 220 g/mol. The van der Waals surface area contributed by atoms with Gasteiger partial charge in [0.1, 0.15) is 11.5 Å². The van der Waals surface area contributed by atoms with Crippen molar-refractivity contribution >= 4 is 5.91 Å². The van der Waals surface area contributed by atoms with Crippen LogP contribution in [0.2, 0.25) is 0 Å². The van der Waals surface area contributed by atoms with Crippen LogP contribution in [-0.4, -0.2) is 24.7 Å². The van der Waals surface area contributed by atoms with E-state index in [9.17, 15) is 9.90 Å². The van der Waals surface area contributed by atoms with Gasteiger partial charge in [0, 0.05) is 12.6 Å². The highest BCUT2D eigenvalue weighted by molar-refractivity contribution is 5.96. The largest absolute Gasteiger partial charge is 0.507 e. The maximum atomic E-state index is 11.5. The van der Waals surface area contributed by atoms with Crippen LogP contribution in [0.15, 0.2) is 18.2 Å². The third-order valence-corrected chi connectivity index (χ3v) is 1.97. The molecule has 0 aliphatic rings. The first kappa shape index (κ1) is 11.9. The maximum absolute atomic E-state index is 11.5. The molecule has 5 nitrogen and oxygen atoms in total. The zero-order valence-corrected chi connectivity index (χ0v) is 8.86. The Bertz CT molecular complexity index is 424. The van der Waals surface area contributed by atoms with Gasteiger partial charge in [0.25, 0.3) is 5.91 Å². The predicted octanol–water partition coefficient (Wildman–Crippen LogP) is 1.04. The number of phenols is 1. The monoisotopic (exact) mass is 220 g/mol. The van der Waals surface area contributed by atoms with Crippen molar-refractivity contribution in [1.29, 1.82) is 5.26 Å². The molecule has 1 aromatic rings. The molecular formula is C11H12N2O3. The van der Waals surface area contributed by atoms with E-state index in [0.717, 1.165) is 0 Å². The van der Waals surface area contributed by atoms with Gasteiger partial charge in [-0.1, -0.05) is 0 Å². The molecule has 0 heterocycles. The Kier molecular flexibility index (Phi) is 4.16. The lowest BCUT2D eigenvalue weighted by molar-refractivity contribution is 0.0952. The first-order valence-corrected chi connectivity index (χ1v) is 4.71. The minimum atomic E-state index is -0.407. The molecule has 5 heteroatoms. The standard InChI is InChI=1S/C11H12N2O3/c1-16-8-3-4-9(10(14)7-8)11(15)13-6-2-5-12/h3-4,7,14H,2,6H2,1H3,(H,13,15). The summed E-state index contributed by atoms with van der Waals surface area (Å²) in [5.74, 6) is -0.0738. The van der Waals surface area contributed by atoms with Gasteiger partial charge < -0.3 is 15.2 Å². The fraction of sp³-hybridized carbons (Fsp3) is 0.273. The molecule has 0 saturated heterocycles. The molecule has 0 unspecified atom stereocenters. The van der Waals surface area contributed by atoms with E-state index in [-0.39, 0.29) is 24.3 Å². The number of nitrogens with zero attached hydrogens (tertiary/aromatic N) is 1. The third kappa shape index (κ3) is 2.89. The smallest absolute Gasteiger partial charge is 0.255 e. The van der Waals surface area contributed by atoms with Crippen molar-refractivity contribution in [2.24, 2.45) is 0 Å². The Balaban J connectivity index is 2.73. The van der Waals surface area contributed by atoms with Crippen LogP contribution in [0.1, 0.15) is 16.8 Å². The summed E-state index contributed by atoms with van der Waals surface area (Å²) < 4.78 is 4.89. The Morgan fingerprint density at radius 1 is 1.62 bits per heavy atom. The van der Waals surface area contributed by atoms with Gasteiger partial charge in [0.2, 0.25) is 0 Å². The second kappa shape index (κ2) is 5.61. The van der Waals surface area contributed by atoms with E-state index in [1.54, 1.807) is 6.07 Å². The number of hydrogen-bond donors (Lipinski definition) is 2. The molecule has 0 fully saturated rings. The molecule has 1 aromatic carbocycles. The number of amides is 1. The van der Waals surface area contributed by atoms with E-state index >= 15 is 0 Å². The third-order valence-electron chi connectivity index (χ3n) is 1.97. The molecule has 0 aliphatic carbocycles. The lowest BCUT2D eigenvalue weighted by atomic mass is 10.2. The molecule has 16 heavy (non-hydrogen) atoms. The van der Waals surface area contributed by atoms with Crippen LogP contribution >= 0.6 is 0 Å². The van der Waals surface area contributed by atoms with E-state index in [1.165, 1.54) is 19.2 Å². The number of nitrogens with one attached hydrogen (secondary N) is 1. The average Bonchev–Trinajstić information content (AvgIpc) is 2.29. The summed E-state index contributed by atoms with van der Waals surface area (Å²) in [6.45, 7) is 0.265. The van der Waals surface area contributed by atoms with E-state index in [4.69, 9.17) is 10.00 Å². The van der Waals surface area contributed by atoms with Crippen LogP contribution in [0.5, 0.6) is 11.5 Å². The van der Waals surface area contributed by atoms with E-state index in [0.29, 0.717) is 5.75 Å². The van der Waals surface area contributed by atoms with Crippen LogP contribution < -0.4 is 10.1 Å². The summed E-state index contributed by atoms with van der Waals surface area (Å²) in [7, 11) is 1.47. The van der Waals surface area contributed by atoms with Crippen molar-refractivity contribution in [2.75, 3.05) is 13.7 Å². The first-order valence-electron chi connectivity index (χ1n) is 4.71. The minimum Gasteiger partial charge on any atom is -0.507 e. The van der Waals surface area contributed by atoms with Crippen molar-refractivity contribution in [3.05, 3.63) is 23.8 Å². The molecule has 2 N–H and O–H groups in total. The Labute approximate surface area is 93.3 Å². The fourth-order valence-electron chi connectivity index (χ4n) is 1.16. The number of phenolic OH excluding ortho intramolecular Hbond substituents is 1. The molecule has 0 saturated carbocycles. The fourth-order valence-corrected chi connectivity index (χ4v) is 1.16. The number of carbonyl (C=O) groups excluding carboxylic acids is 1. The summed E-state index contributed by atoms with van der Waals surface area (Å²) in [4.78, 5) is 11.5. The highest BCUT2D eigenvalue weighted by Crippen LogP contribution is 2.22. The molecule has 1 rings (SSSR count). The highest BCUT2D eigenvalue weighted by atomic mass is 16.5. The normalized spacial score (nSPS) is 9.25. The van der Waals surface area contributed by atoms with Crippen molar-refractivity contribution < 1.29 is 14.6 Å². The van der Waals surface area contributed by atoms with Crippen LogP contribution in [0.4, 0.5) is 0 Å². The van der Waals surface area contributed by atoms with Gasteiger partial charge in [0.15, 0.2) is 0 Å². The van der Waals surface area contributed by atoms with E-state index < -0.39 is 5.91 Å². The van der Waals surface area contributed by atoms with Gasteiger partial charge in [-0.25, -0.2) is 0 Å². The number of carbonyl (C=O) groups is 1. The van der Waals surface area contributed by atoms with E-state index in [2.05, 4.69) is 5.32 Å². The predicted molar refractivity (Wildman–Crippen MR) is 57.2 cm³/mol. The summed E-state index contributed by atoms with van der Waals surface area (Å²) in [6.07, 6.45) is 0.239. The summed E-state index contributed by atoms with van der Waals surface area (Å²) in [5, 5.41) is 20.4. The zero-order valence-electron chi connectivity index (χ0n) is 8.86. The van der Waals surface area contributed by atoms with Gasteiger partial charge >= 0.3 is 0 Å². The van der Waals surface area contributed by atoms with Crippen molar-refractivity contribution in [3.8, 4) is 17.6 Å². The summed E-state index contributed by atoms with van der Waals surface area (Å²) in [5.41, 5.74) is 0.165. The van der Waals surface area contributed by atoms with Crippen molar-refractivity contribution in [2.45, 2.75) is 6.42 Å². The van der Waals surface area contributed by atoms with Gasteiger partial charge in [-0.15, -0.1) is 0 Å². The Morgan fingerprint density at radius 2 is 2.38 bits per heavy atom. The Hall–Kier alpha value is -2.22. The molecule has 0 spiro atoms. The maximum Gasteiger partial charge on any atom is 0.255 e. The van der Waals surface area contributed by atoms with Crippen molar-refractivity contribution in [3.63, 3.8) is 0 Å². The molecule has 84 valence electrons. The van der Waals surface area contributed by atoms with Crippen LogP contribution in [-0.2, 0) is 0 Å². The number of methoxy groups -OCH3 is 1. The number of ether oxygens (including phenoxy) is 1. The second-order valence-corrected chi connectivity index (χ2v) is 3.05. The number of rotatable bonds is 4. The SMILES string of the molecule is COc1ccc(C(=O)NCCC#N)c(O)c1. The zero-order chi connectivity index (χ0) is 12.0. The van der Waals surface area contributed by atoms with Gasteiger partial charge in [-0.2, -0.15) is 5.26 Å². The molecular weight excluding hydrogens is 208 g/mol. The van der Waals surface area contributed by atoms with Crippen LogP contribution in [0, 0.1) is 11.3 Å². The van der Waals surface area contributed by atoms with Crippen LogP contribution in [0.3, 0.4) is 0 Å². The topological polar surface area (TPSA) is 82.3 Å². The molecule has 0 atom stereocenters. The first-order chi connectivity index (χ1) is 7.69. The molecule has 0 bridgehead atoms. The lowest BCUT2D eigenvalue weighted by Crippen LogP contribution is -2.24. The number of benzene rings is 1. The minimum absolute atomic E-state index is 0.145. The quantitative estimate of drug-likeness (QED) is 0.743. The summed E-state index contributed by atoms with van der Waals surface area (Å²) in [6, 6.07) is 6.32. The van der Waals surface area contributed by atoms with Crippen LogP contribution in [0.25, 0.3) is 0 Å². The van der Waals surface area contributed by atoms with Crippen molar-refractivity contribution in [1.82, 2.24) is 5.32 Å². The molecule has 0 aliphatic heterocycles. The second-order valence-electron chi connectivity index (χ2n) is 3.05. The van der Waals surface area contributed by atoms with Gasteiger partial charge in [-0.05, 0) is 12.1 Å². The van der Waals surface area contributed by atoms with Gasteiger partial charge in [-0.3, -0.25) is 4.79 Å². The lowest BCUT2D eigenvalue weighted by Gasteiger charge is -2.06. The Morgan fingerprint density at radius 3 is 2.94 bits per heavy atom.